The van der Waals surface area contributed by atoms with Gasteiger partial charge in [-0.25, -0.2) is 0 Å². The number of rotatable bonds is 3. The third-order valence-electron chi connectivity index (χ3n) is 2.11. The van der Waals surface area contributed by atoms with Gasteiger partial charge in [0.2, 0.25) is 0 Å². The molecule has 0 bridgehead atoms. The van der Waals surface area contributed by atoms with E-state index in [0.717, 1.165) is 11.1 Å². The molecule has 0 aromatic heterocycles. The highest BCUT2D eigenvalue weighted by Crippen LogP contribution is 2.23. The van der Waals surface area contributed by atoms with Crippen LogP contribution in [-0.4, -0.2) is 5.11 Å². The molecule has 0 heterocycles. The van der Waals surface area contributed by atoms with Crippen molar-refractivity contribution in [3.8, 4) is 11.8 Å². The fourth-order valence-corrected chi connectivity index (χ4v) is 1.32. The largest absolute Gasteiger partial charge is 0.508 e. The molecule has 1 aromatic carbocycles. The van der Waals surface area contributed by atoms with Crippen LogP contribution in [0.25, 0.3) is 0 Å². The van der Waals surface area contributed by atoms with Crippen molar-refractivity contribution in [2.45, 2.75) is 25.8 Å². The topological polar surface area (TPSA) is 70.0 Å². The maximum Gasteiger partial charge on any atom is 0.120 e. The van der Waals surface area contributed by atoms with Gasteiger partial charge in [-0.3, -0.25) is 0 Å². The SMILES string of the molecule is C[C@@H](N)c1cc(CCC#N)ccc1O. The first-order chi connectivity index (χ1) is 6.65. The molecule has 74 valence electrons. The van der Waals surface area contributed by atoms with E-state index < -0.39 is 0 Å². The molecule has 14 heavy (non-hydrogen) atoms. The van der Waals surface area contributed by atoms with E-state index in [-0.39, 0.29) is 11.8 Å². The van der Waals surface area contributed by atoms with Crippen LogP contribution in [0.2, 0.25) is 0 Å². The first kappa shape index (κ1) is 10.6. The number of nitrogens with two attached hydrogens (primary N) is 1. The Morgan fingerprint density at radius 3 is 2.86 bits per heavy atom. The quantitative estimate of drug-likeness (QED) is 0.764. The lowest BCUT2D eigenvalue weighted by atomic mass is 10.0. The van der Waals surface area contributed by atoms with Crippen LogP contribution in [0.15, 0.2) is 18.2 Å². The molecule has 0 aliphatic rings. The minimum absolute atomic E-state index is 0.183. The van der Waals surface area contributed by atoms with Crippen LogP contribution < -0.4 is 5.73 Å². The molecular formula is C11H14N2O. The van der Waals surface area contributed by atoms with Gasteiger partial charge in [-0.1, -0.05) is 12.1 Å². The molecule has 3 N–H and O–H groups in total. The lowest BCUT2D eigenvalue weighted by molar-refractivity contribution is 0.463. The van der Waals surface area contributed by atoms with E-state index in [1.165, 1.54) is 0 Å². The number of hydrogen-bond acceptors (Lipinski definition) is 3. The fourth-order valence-electron chi connectivity index (χ4n) is 1.32. The Morgan fingerprint density at radius 1 is 1.57 bits per heavy atom. The van der Waals surface area contributed by atoms with Gasteiger partial charge in [-0.2, -0.15) is 5.26 Å². The molecule has 0 saturated heterocycles. The number of hydrogen-bond donors (Lipinski definition) is 2. The number of aromatic hydroxyl groups is 1. The van der Waals surface area contributed by atoms with Gasteiger partial charge in [0.1, 0.15) is 5.75 Å². The van der Waals surface area contributed by atoms with Crippen LogP contribution in [0.1, 0.15) is 30.5 Å². The number of nitriles is 1. The molecule has 1 atom stereocenters. The highest BCUT2D eigenvalue weighted by atomic mass is 16.3. The van der Waals surface area contributed by atoms with Crippen molar-refractivity contribution in [2.75, 3.05) is 0 Å². The van der Waals surface area contributed by atoms with E-state index in [9.17, 15) is 5.11 Å². The summed E-state index contributed by atoms with van der Waals surface area (Å²) in [5.41, 5.74) is 7.46. The van der Waals surface area contributed by atoms with Crippen molar-refractivity contribution < 1.29 is 5.11 Å². The predicted molar refractivity (Wildman–Crippen MR) is 54.6 cm³/mol. The van der Waals surface area contributed by atoms with Crippen molar-refractivity contribution in [3.05, 3.63) is 29.3 Å². The smallest absolute Gasteiger partial charge is 0.120 e. The second-order valence-electron chi connectivity index (χ2n) is 3.34. The zero-order chi connectivity index (χ0) is 10.6. The summed E-state index contributed by atoms with van der Waals surface area (Å²) in [7, 11) is 0. The summed E-state index contributed by atoms with van der Waals surface area (Å²) in [4.78, 5) is 0. The average Bonchev–Trinajstić information content (AvgIpc) is 2.16. The van der Waals surface area contributed by atoms with Gasteiger partial charge in [0.15, 0.2) is 0 Å². The second kappa shape index (κ2) is 4.64. The summed E-state index contributed by atoms with van der Waals surface area (Å²) in [6.45, 7) is 1.82. The van der Waals surface area contributed by atoms with Gasteiger partial charge >= 0.3 is 0 Å². The summed E-state index contributed by atoms with van der Waals surface area (Å²) in [6, 6.07) is 7.21. The van der Waals surface area contributed by atoms with E-state index >= 15 is 0 Å². The van der Waals surface area contributed by atoms with Crippen molar-refractivity contribution in [2.24, 2.45) is 5.73 Å². The first-order valence-corrected chi connectivity index (χ1v) is 4.59. The maximum absolute atomic E-state index is 9.49. The van der Waals surface area contributed by atoms with Gasteiger partial charge in [0, 0.05) is 18.0 Å². The fraction of sp³-hybridized carbons (Fsp3) is 0.364. The molecule has 3 nitrogen and oxygen atoms in total. The minimum Gasteiger partial charge on any atom is -0.508 e. The first-order valence-electron chi connectivity index (χ1n) is 4.59. The molecule has 0 fully saturated rings. The lowest BCUT2D eigenvalue weighted by Crippen LogP contribution is -2.05. The highest BCUT2D eigenvalue weighted by molar-refractivity contribution is 5.38. The van der Waals surface area contributed by atoms with E-state index in [1.807, 2.05) is 19.1 Å². The molecule has 0 unspecified atom stereocenters. The van der Waals surface area contributed by atoms with Crippen LogP contribution in [-0.2, 0) is 6.42 Å². The molecule has 0 spiro atoms. The molecule has 0 aliphatic carbocycles. The third-order valence-corrected chi connectivity index (χ3v) is 2.11. The summed E-state index contributed by atoms with van der Waals surface area (Å²) >= 11 is 0. The second-order valence-corrected chi connectivity index (χ2v) is 3.34. The van der Waals surface area contributed by atoms with Crippen LogP contribution in [0.3, 0.4) is 0 Å². The van der Waals surface area contributed by atoms with E-state index in [4.69, 9.17) is 11.0 Å². The molecule has 0 aliphatic heterocycles. The molecule has 3 heteroatoms. The normalized spacial score (nSPS) is 12.1. The molecule has 0 amide bonds. The minimum atomic E-state index is -0.183. The summed E-state index contributed by atoms with van der Waals surface area (Å²) in [5.74, 6) is 0.223. The van der Waals surface area contributed by atoms with Gasteiger partial charge in [-0.05, 0) is 25.0 Å². The standard InChI is InChI=1S/C11H14N2O/c1-8(13)10-7-9(3-2-6-12)4-5-11(10)14/h4-5,7-8,14H,2-3,13H2,1H3/t8-/m1/s1. The number of aryl methyl sites for hydroxylation is 1. The lowest BCUT2D eigenvalue weighted by Gasteiger charge is -2.09. The number of benzene rings is 1. The van der Waals surface area contributed by atoms with Crippen molar-refractivity contribution in [1.29, 1.82) is 5.26 Å². The van der Waals surface area contributed by atoms with Crippen LogP contribution in [0, 0.1) is 11.3 Å². The molecule has 0 radical (unpaired) electrons. The zero-order valence-corrected chi connectivity index (χ0v) is 8.20. The van der Waals surface area contributed by atoms with E-state index in [2.05, 4.69) is 6.07 Å². The van der Waals surface area contributed by atoms with Crippen LogP contribution >= 0.6 is 0 Å². The predicted octanol–water partition coefficient (Wildman–Crippen LogP) is 1.87. The van der Waals surface area contributed by atoms with Crippen LogP contribution in [0.5, 0.6) is 5.75 Å². The van der Waals surface area contributed by atoms with E-state index in [1.54, 1.807) is 6.07 Å². The van der Waals surface area contributed by atoms with E-state index in [0.29, 0.717) is 12.8 Å². The monoisotopic (exact) mass is 190 g/mol. The third kappa shape index (κ3) is 2.48. The molecule has 1 aromatic rings. The number of phenols is 1. The molecular weight excluding hydrogens is 176 g/mol. The highest BCUT2D eigenvalue weighted by Gasteiger charge is 2.06. The Kier molecular flexibility index (Phi) is 3.49. The van der Waals surface area contributed by atoms with Gasteiger partial charge in [0.05, 0.1) is 6.07 Å². The van der Waals surface area contributed by atoms with Gasteiger partial charge in [-0.15, -0.1) is 0 Å². The van der Waals surface area contributed by atoms with Gasteiger partial charge < -0.3 is 10.8 Å². The summed E-state index contributed by atoms with van der Waals surface area (Å²) < 4.78 is 0. The zero-order valence-electron chi connectivity index (χ0n) is 8.20. The van der Waals surface area contributed by atoms with Gasteiger partial charge in [0.25, 0.3) is 0 Å². The van der Waals surface area contributed by atoms with Crippen LogP contribution in [0.4, 0.5) is 0 Å². The van der Waals surface area contributed by atoms with Crippen molar-refractivity contribution in [1.82, 2.24) is 0 Å². The Labute approximate surface area is 83.8 Å². The summed E-state index contributed by atoms with van der Waals surface area (Å²) in [6.07, 6.45) is 1.19. The number of phenolic OH excluding ortho intramolecular Hbond substituents is 1. The van der Waals surface area contributed by atoms with Crippen molar-refractivity contribution in [3.63, 3.8) is 0 Å². The number of nitrogens with zero attached hydrogens (tertiary/aromatic N) is 1. The Bertz CT molecular complexity index is 353. The Morgan fingerprint density at radius 2 is 2.29 bits per heavy atom. The molecule has 1 rings (SSSR count). The Balaban J connectivity index is 2.90. The Hall–Kier alpha value is -1.53. The maximum atomic E-state index is 9.49. The molecule has 0 saturated carbocycles. The van der Waals surface area contributed by atoms with Crippen molar-refractivity contribution >= 4 is 0 Å². The summed E-state index contributed by atoms with van der Waals surface area (Å²) in [5, 5.41) is 17.9. The average molecular weight is 190 g/mol.